The molecule has 0 fully saturated rings. The minimum Gasteiger partial charge on any atom is -0.480 e. The largest absolute Gasteiger partial charge is 0.480 e. The number of fused-ring (bicyclic) bond motifs is 1. The molecule has 3 aromatic carbocycles. The van der Waals surface area contributed by atoms with E-state index >= 15 is 0 Å². The van der Waals surface area contributed by atoms with E-state index in [4.69, 9.17) is 9.84 Å². The normalized spacial score (nSPS) is 13.7. The number of esters is 1. The van der Waals surface area contributed by atoms with Crippen LogP contribution in [0.25, 0.3) is 11.3 Å². The average molecular weight is 472 g/mol. The van der Waals surface area contributed by atoms with Crippen LogP contribution in [0.15, 0.2) is 72.8 Å². The average Bonchev–Trinajstić information content (AvgIpc) is 3.17. The number of nitrogens with zero attached hydrogens (tertiary/aromatic N) is 1. The van der Waals surface area contributed by atoms with Gasteiger partial charge < -0.3 is 20.5 Å². The Labute approximate surface area is 202 Å². The molecule has 1 amide bonds. The molecule has 1 aliphatic rings. The van der Waals surface area contributed by atoms with Crippen molar-refractivity contribution in [1.82, 2.24) is 4.90 Å². The quantitative estimate of drug-likeness (QED) is 0.338. The SMILES string of the molecule is COC(=O)c1ccc2c(c1)NC(=O)C2=C(Nc1ccc(CN(C)CC(=O)O)cc1)c1ccccc1. The number of hydrogen-bond donors (Lipinski definition) is 3. The van der Waals surface area contributed by atoms with Crippen molar-refractivity contribution >= 4 is 40.5 Å². The zero-order chi connectivity index (χ0) is 24.9. The smallest absolute Gasteiger partial charge is 0.337 e. The van der Waals surface area contributed by atoms with Crippen LogP contribution in [0.2, 0.25) is 0 Å². The number of nitrogens with one attached hydrogen (secondary N) is 2. The van der Waals surface area contributed by atoms with E-state index in [9.17, 15) is 14.4 Å². The van der Waals surface area contributed by atoms with Gasteiger partial charge in [-0.25, -0.2) is 4.79 Å². The van der Waals surface area contributed by atoms with E-state index in [1.54, 1.807) is 30.1 Å². The molecule has 0 unspecified atom stereocenters. The van der Waals surface area contributed by atoms with Gasteiger partial charge in [0.25, 0.3) is 5.91 Å². The van der Waals surface area contributed by atoms with E-state index in [1.165, 1.54) is 7.11 Å². The van der Waals surface area contributed by atoms with Crippen LogP contribution < -0.4 is 10.6 Å². The number of ether oxygens (including phenoxy) is 1. The Hall–Kier alpha value is -4.43. The van der Waals surface area contributed by atoms with Gasteiger partial charge in [0.2, 0.25) is 0 Å². The Balaban J connectivity index is 1.69. The number of amides is 1. The number of carbonyl (C=O) groups excluding carboxylic acids is 2. The predicted octanol–water partition coefficient (Wildman–Crippen LogP) is 3.92. The maximum Gasteiger partial charge on any atom is 0.337 e. The third-order valence-corrected chi connectivity index (χ3v) is 5.58. The molecule has 0 atom stereocenters. The van der Waals surface area contributed by atoms with E-state index in [0.717, 1.165) is 16.8 Å². The fourth-order valence-corrected chi connectivity index (χ4v) is 3.99. The fraction of sp³-hybridized carbons (Fsp3) is 0.148. The molecule has 0 aliphatic carbocycles. The molecular formula is C27H25N3O5. The number of methoxy groups -OCH3 is 1. The monoisotopic (exact) mass is 471 g/mol. The van der Waals surface area contributed by atoms with Crippen LogP contribution in [0.1, 0.15) is 27.0 Å². The van der Waals surface area contributed by atoms with E-state index < -0.39 is 11.9 Å². The molecule has 0 saturated carbocycles. The van der Waals surface area contributed by atoms with Crippen LogP contribution in [0.4, 0.5) is 11.4 Å². The summed E-state index contributed by atoms with van der Waals surface area (Å²) in [5.74, 6) is -1.63. The lowest BCUT2D eigenvalue weighted by molar-refractivity contribution is -0.138. The van der Waals surface area contributed by atoms with Crippen LogP contribution in [0.3, 0.4) is 0 Å². The summed E-state index contributed by atoms with van der Waals surface area (Å²) in [6.07, 6.45) is 0. The molecule has 178 valence electrons. The van der Waals surface area contributed by atoms with Crippen molar-refractivity contribution in [1.29, 1.82) is 0 Å². The summed E-state index contributed by atoms with van der Waals surface area (Å²) >= 11 is 0. The molecule has 1 aliphatic heterocycles. The molecular weight excluding hydrogens is 446 g/mol. The minimum atomic E-state index is -0.876. The van der Waals surface area contributed by atoms with Gasteiger partial charge in [-0.05, 0) is 42.4 Å². The van der Waals surface area contributed by atoms with Crippen molar-refractivity contribution in [3.05, 3.63) is 95.1 Å². The van der Waals surface area contributed by atoms with Crippen molar-refractivity contribution in [2.24, 2.45) is 0 Å². The first-order valence-corrected chi connectivity index (χ1v) is 11.0. The van der Waals surface area contributed by atoms with Gasteiger partial charge in [-0.2, -0.15) is 0 Å². The van der Waals surface area contributed by atoms with Crippen molar-refractivity contribution in [3.8, 4) is 0 Å². The molecule has 3 N–H and O–H groups in total. The number of carboxylic acid groups (broad SMARTS) is 1. The second-order valence-corrected chi connectivity index (χ2v) is 8.21. The van der Waals surface area contributed by atoms with Crippen molar-refractivity contribution in [2.45, 2.75) is 6.54 Å². The Bertz CT molecular complexity index is 1300. The highest BCUT2D eigenvalue weighted by Gasteiger charge is 2.29. The Kier molecular flexibility index (Phi) is 6.93. The van der Waals surface area contributed by atoms with Crippen LogP contribution in [-0.4, -0.2) is 48.6 Å². The molecule has 1 heterocycles. The summed E-state index contributed by atoms with van der Waals surface area (Å²) in [5, 5.41) is 15.2. The lowest BCUT2D eigenvalue weighted by Crippen LogP contribution is -2.25. The Morgan fingerprint density at radius 3 is 2.37 bits per heavy atom. The van der Waals surface area contributed by atoms with Gasteiger partial charge in [0.1, 0.15) is 0 Å². The first-order chi connectivity index (χ1) is 16.9. The molecule has 0 saturated heterocycles. The third kappa shape index (κ3) is 5.39. The maximum absolute atomic E-state index is 13.1. The van der Waals surface area contributed by atoms with Gasteiger partial charge in [-0.1, -0.05) is 48.5 Å². The number of aliphatic carboxylic acids is 1. The van der Waals surface area contributed by atoms with Gasteiger partial charge in [0.15, 0.2) is 0 Å². The van der Waals surface area contributed by atoms with Gasteiger partial charge in [0, 0.05) is 17.8 Å². The zero-order valence-corrected chi connectivity index (χ0v) is 19.4. The van der Waals surface area contributed by atoms with Crippen LogP contribution >= 0.6 is 0 Å². The zero-order valence-electron chi connectivity index (χ0n) is 19.4. The second-order valence-electron chi connectivity index (χ2n) is 8.21. The first kappa shape index (κ1) is 23.7. The summed E-state index contributed by atoms with van der Waals surface area (Å²) in [6.45, 7) is 0.452. The number of hydrogen-bond acceptors (Lipinski definition) is 6. The van der Waals surface area contributed by atoms with Gasteiger partial charge in [0.05, 0.1) is 36.2 Å². The number of anilines is 2. The standard InChI is InChI=1S/C27H25N3O5/c1-30(16-23(31)32)15-17-8-11-20(12-9-17)28-25(18-6-4-3-5-7-18)24-21-13-10-19(27(34)35-2)14-22(21)29-26(24)33/h3-14,28H,15-16H2,1-2H3,(H,29,33)(H,31,32). The highest BCUT2D eigenvalue weighted by molar-refractivity contribution is 6.37. The minimum absolute atomic E-state index is 0.0452. The van der Waals surface area contributed by atoms with Crippen LogP contribution in [0.5, 0.6) is 0 Å². The van der Waals surface area contributed by atoms with Gasteiger partial charge in [-0.15, -0.1) is 0 Å². The topological polar surface area (TPSA) is 108 Å². The fourth-order valence-electron chi connectivity index (χ4n) is 3.99. The van der Waals surface area contributed by atoms with E-state index in [-0.39, 0.29) is 12.5 Å². The number of benzene rings is 3. The summed E-state index contributed by atoms with van der Waals surface area (Å²) in [4.78, 5) is 37.6. The number of likely N-dealkylation sites (N-methyl/N-ethyl adjacent to an activating group) is 1. The molecule has 0 radical (unpaired) electrons. The van der Waals surface area contributed by atoms with Crippen LogP contribution in [-0.2, 0) is 20.9 Å². The van der Waals surface area contributed by atoms with E-state index in [1.807, 2.05) is 54.6 Å². The molecule has 8 nitrogen and oxygen atoms in total. The highest BCUT2D eigenvalue weighted by atomic mass is 16.5. The number of rotatable bonds is 8. The molecule has 0 aromatic heterocycles. The molecule has 35 heavy (non-hydrogen) atoms. The first-order valence-electron chi connectivity index (χ1n) is 11.0. The lowest BCUT2D eigenvalue weighted by atomic mass is 9.99. The van der Waals surface area contributed by atoms with Crippen molar-refractivity contribution in [2.75, 3.05) is 31.3 Å². The molecule has 8 heteroatoms. The predicted molar refractivity (Wildman–Crippen MR) is 134 cm³/mol. The van der Waals surface area contributed by atoms with E-state index in [2.05, 4.69) is 10.6 Å². The van der Waals surface area contributed by atoms with E-state index in [0.29, 0.717) is 34.6 Å². The van der Waals surface area contributed by atoms with Crippen LogP contribution in [0, 0.1) is 0 Å². The number of carboxylic acids is 1. The van der Waals surface area contributed by atoms with Crippen molar-refractivity contribution < 1.29 is 24.2 Å². The third-order valence-electron chi connectivity index (χ3n) is 5.58. The molecule has 4 rings (SSSR count). The Morgan fingerprint density at radius 2 is 1.71 bits per heavy atom. The van der Waals surface area contributed by atoms with Gasteiger partial charge >= 0.3 is 11.9 Å². The molecule has 3 aromatic rings. The number of carbonyl (C=O) groups is 3. The van der Waals surface area contributed by atoms with Crippen molar-refractivity contribution in [3.63, 3.8) is 0 Å². The summed E-state index contributed by atoms with van der Waals surface area (Å²) in [6, 6.07) is 22.1. The molecule has 0 spiro atoms. The summed E-state index contributed by atoms with van der Waals surface area (Å²) in [7, 11) is 3.06. The summed E-state index contributed by atoms with van der Waals surface area (Å²) in [5.41, 5.74) is 5.23. The lowest BCUT2D eigenvalue weighted by Gasteiger charge is -2.16. The summed E-state index contributed by atoms with van der Waals surface area (Å²) < 4.78 is 4.79. The molecule has 0 bridgehead atoms. The second kappa shape index (κ2) is 10.2. The van der Waals surface area contributed by atoms with Gasteiger partial charge in [-0.3, -0.25) is 14.5 Å². The highest BCUT2D eigenvalue weighted by Crippen LogP contribution is 2.38. The Morgan fingerprint density at radius 1 is 1.00 bits per heavy atom. The maximum atomic E-state index is 13.1.